The van der Waals surface area contributed by atoms with Gasteiger partial charge in [-0.25, -0.2) is 4.52 Å². The first-order chi connectivity index (χ1) is 12.2. The molecule has 2 N–H and O–H groups in total. The van der Waals surface area contributed by atoms with E-state index in [1.54, 1.807) is 29.0 Å². The topological polar surface area (TPSA) is 58.4 Å². The molecule has 0 fully saturated rings. The summed E-state index contributed by atoms with van der Waals surface area (Å²) in [5.74, 6) is -0.140. The number of rotatable bonds is 4. The summed E-state index contributed by atoms with van der Waals surface area (Å²) in [6, 6.07) is 12.3. The number of carbonyl (C=O) groups excluding carboxylic acids is 1. The van der Waals surface area contributed by atoms with Crippen LogP contribution in [0.3, 0.4) is 0 Å². The monoisotopic (exact) mass is 354 g/mol. The molecule has 0 radical (unpaired) electrons. The maximum atomic E-state index is 12.5. The molecule has 0 saturated carbocycles. The van der Waals surface area contributed by atoms with Gasteiger partial charge in [-0.05, 0) is 43.0 Å². The van der Waals surface area contributed by atoms with Gasteiger partial charge in [0.15, 0.2) is 0 Å². The number of anilines is 1. The molecule has 25 heavy (non-hydrogen) atoms. The standard InChI is InChI=1S/C19H19ClN4O/c20-16-5-3-11-24-18(16)15(12-22-24)19(25)21-10-9-14-8-7-13-4-1-2-6-17(13)23-14/h1-6,11-12,14,23H,7-10H2,(H,21,25). The van der Waals surface area contributed by atoms with Crippen LogP contribution in [0.5, 0.6) is 0 Å². The summed E-state index contributed by atoms with van der Waals surface area (Å²) in [4.78, 5) is 12.5. The lowest BCUT2D eigenvalue weighted by molar-refractivity contribution is 0.0954. The molecule has 0 aliphatic carbocycles. The van der Waals surface area contributed by atoms with Gasteiger partial charge in [0.1, 0.15) is 0 Å². The van der Waals surface area contributed by atoms with Crippen molar-refractivity contribution in [1.82, 2.24) is 14.9 Å². The number of hydrogen-bond donors (Lipinski definition) is 2. The van der Waals surface area contributed by atoms with Crippen LogP contribution in [0.4, 0.5) is 5.69 Å². The van der Waals surface area contributed by atoms with Crippen molar-refractivity contribution in [2.45, 2.75) is 25.3 Å². The van der Waals surface area contributed by atoms with Gasteiger partial charge in [-0.1, -0.05) is 29.8 Å². The molecule has 1 aromatic carbocycles. The van der Waals surface area contributed by atoms with Gasteiger partial charge in [-0.2, -0.15) is 5.10 Å². The Morgan fingerprint density at radius 3 is 3.12 bits per heavy atom. The molecular formula is C19H19ClN4O. The van der Waals surface area contributed by atoms with Crippen LogP contribution in [0, 0.1) is 0 Å². The third kappa shape index (κ3) is 3.20. The van der Waals surface area contributed by atoms with E-state index in [1.807, 2.05) is 6.07 Å². The zero-order valence-electron chi connectivity index (χ0n) is 13.7. The predicted molar refractivity (Wildman–Crippen MR) is 99.3 cm³/mol. The highest BCUT2D eigenvalue weighted by molar-refractivity contribution is 6.34. The van der Waals surface area contributed by atoms with Crippen molar-refractivity contribution in [2.24, 2.45) is 0 Å². The number of carbonyl (C=O) groups is 1. The Morgan fingerprint density at radius 2 is 2.20 bits per heavy atom. The third-order valence-electron chi connectivity index (χ3n) is 4.65. The number of fused-ring (bicyclic) bond motifs is 2. The van der Waals surface area contributed by atoms with Gasteiger partial charge in [0.05, 0.1) is 22.3 Å². The Bertz CT molecular complexity index is 921. The van der Waals surface area contributed by atoms with Gasteiger partial charge < -0.3 is 10.6 Å². The molecule has 1 atom stereocenters. The fraction of sp³-hybridized carbons (Fsp3) is 0.263. The number of aryl methyl sites for hydroxylation is 1. The van der Waals surface area contributed by atoms with E-state index in [9.17, 15) is 4.79 Å². The van der Waals surface area contributed by atoms with Gasteiger partial charge in [0, 0.05) is 24.5 Å². The lowest BCUT2D eigenvalue weighted by Crippen LogP contribution is -2.32. The summed E-state index contributed by atoms with van der Waals surface area (Å²) >= 11 is 6.20. The van der Waals surface area contributed by atoms with E-state index in [0.717, 1.165) is 19.3 Å². The summed E-state index contributed by atoms with van der Waals surface area (Å²) in [5, 5.41) is 11.2. The van der Waals surface area contributed by atoms with Gasteiger partial charge in [-0.3, -0.25) is 4.79 Å². The number of nitrogens with zero attached hydrogens (tertiary/aromatic N) is 2. The summed E-state index contributed by atoms with van der Waals surface area (Å²) in [5.41, 5.74) is 3.72. The van der Waals surface area contributed by atoms with Crippen molar-refractivity contribution in [3.63, 3.8) is 0 Å². The summed E-state index contributed by atoms with van der Waals surface area (Å²) in [6.45, 7) is 0.612. The summed E-state index contributed by atoms with van der Waals surface area (Å²) in [6.07, 6.45) is 6.38. The second-order valence-electron chi connectivity index (χ2n) is 6.29. The first-order valence-electron chi connectivity index (χ1n) is 8.47. The number of amides is 1. The number of benzene rings is 1. The Balaban J connectivity index is 1.37. The predicted octanol–water partition coefficient (Wildman–Crippen LogP) is 3.53. The molecule has 2 aromatic heterocycles. The average molecular weight is 355 g/mol. The zero-order valence-corrected chi connectivity index (χ0v) is 14.5. The largest absolute Gasteiger partial charge is 0.382 e. The number of halogens is 1. The average Bonchev–Trinajstić information content (AvgIpc) is 3.07. The van der Waals surface area contributed by atoms with Crippen LogP contribution in [0.2, 0.25) is 5.02 Å². The molecule has 0 spiro atoms. The highest BCUT2D eigenvalue weighted by Crippen LogP contribution is 2.25. The molecule has 5 nitrogen and oxygen atoms in total. The zero-order chi connectivity index (χ0) is 17.2. The van der Waals surface area contributed by atoms with E-state index < -0.39 is 0 Å². The van der Waals surface area contributed by atoms with Crippen LogP contribution in [0.25, 0.3) is 5.52 Å². The number of hydrogen-bond acceptors (Lipinski definition) is 3. The van der Waals surface area contributed by atoms with Gasteiger partial charge in [0.2, 0.25) is 0 Å². The van der Waals surface area contributed by atoms with Crippen LogP contribution in [0.1, 0.15) is 28.8 Å². The minimum absolute atomic E-state index is 0.140. The van der Waals surface area contributed by atoms with Gasteiger partial charge >= 0.3 is 0 Å². The van der Waals surface area contributed by atoms with Crippen molar-refractivity contribution in [2.75, 3.05) is 11.9 Å². The third-order valence-corrected chi connectivity index (χ3v) is 4.96. The van der Waals surface area contributed by atoms with Crippen molar-refractivity contribution in [3.8, 4) is 0 Å². The quantitative estimate of drug-likeness (QED) is 0.753. The fourth-order valence-corrected chi connectivity index (χ4v) is 3.60. The second-order valence-corrected chi connectivity index (χ2v) is 6.70. The SMILES string of the molecule is O=C(NCCC1CCc2ccccc2N1)c1cnn2cccc(Cl)c12. The van der Waals surface area contributed by atoms with E-state index in [0.29, 0.717) is 28.7 Å². The molecule has 1 aliphatic rings. The molecule has 1 amide bonds. The maximum absolute atomic E-state index is 12.5. The van der Waals surface area contributed by atoms with E-state index in [-0.39, 0.29) is 5.91 Å². The smallest absolute Gasteiger partial charge is 0.255 e. The Labute approximate surface area is 151 Å². The number of nitrogens with one attached hydrogen (secondary N) is 2. The molecule has 1 unspecified atom stereocenters. The fourth-order valence-electron chi connectivity index (χ4n) is 3.34. The van der Waals surface area contributed by atoms with Crippen LogP contribution >= 0.6 is 11.6 Å². The molecule has 0 bridgehead atoms. The number of para-hydroxylation sites is 1. The number of aromatic nitrogens is 2. The molecule has 6 heteroatoms. The summed E-state index contributed by atoms with van der Waals surface area (Å²) in [7, 11) is 0. The van der Waals surface area contributed by atoms with Crippen molar-refractivity contribution in [1.29, 1.82) is 0 Å². The molecule has 0 saturated heterocycles. The van der Waals surface area contributed by atoms with Crippen LogP contribution in [0.15, 0.2) is 48.8 Å². The van der Waals surface area contributed by atoms with Crippen molar-refractivity contribution >= 4 is 28.7 Å². The molecule has 1 aliphatic heterocycles. The van der Waals surface area contributed by atoms with Crippen LogP contribution in [-0.4, -0.2) is 28.1 Å². The highest BCUT2D eigenvalue weighted by atomic mass is 35.5. The first kappa shape index (κ1) is 16.0. The van der Waals surface area contributed by atoms with E-state index in [4.69, 9.17) is 11.6 Å². The minimum Gasteiger partial charge on any atom is -0.382 e. The Kier molecular flexibility index (Phi) is 4.32. The minimum atomic E-state index is -0.140. The molecule has 3 aromatic rings. The Hall–Kier alpha value is -2.53. The van der Waals surface area contributed by atoms with E-state index in [2.05, 4.69) is 33.9 Å². The van der Waals surface area contributed by atoms with Crippen LogP contribution < -0.4 is 10.6 Å². The molecule has 3 heterocycles. The van der Waals surface area contributed by atoms with Crippen molar-refractivity contribution in [3.05, 3.63) is 64.9 Å². The maximum Gasteiger partial charge on any atom is 0.255 e. The molecule has 4 rings (SSSR count). The lowest BCUT2D eigenvalue weighted by atomic mass is 9.96. The number of pyridine rings is 1. The lowest BCUT2D eigenvalue weighted by Gasteiger charge is -2.27. The Morgan fingerprint density at radius 1 is 1.32 bits per heavy atom. The van der Waals surface area contributed by atoms with Crippen molar-refractivity contribution < 1.29 is 4.79 Å². The highest BCUT2D eigenvalue weighted by Gasteiger charge is 2.18. The summed E-state index contributed by atoms with van der Waals surface area (Å²) < 4.78 is 1.62. The first-order valence-corrected chi connectivity index (χ1v) is 8.84. The second kappa shape index (κ2) is 6.76. The van der Waals surface area contributed by atoms with Gasteiger partial charge in [-0.15, -0.1) is 0 Å². The van der Waals surface area contributed by atoms with E-state index in [1.165, 1.54) is 11.3 Å². The van der Waals surface area contributed by atoms with Gasteiger partial charge in [0.25, 0.3) is 5.91 Å². The van der Waals surface area contributed by atoms with E-state index >= 15 is 0 Å². The molecular weight excluding hydrogens is 336 g/mol. The van der Waals surface area contributed by atoms with Crippen LogP contribution in [-0.2, 0) is 6.42 Å². The molecule has 128 valence electrons. The normalized spacial score (nSPS) is 16.3.